The number of aromatic amines is 1. The van der Waals surface area contributed by atoms with Gasteiger partial charge in [-0.2, -0.15) is 0 Å². The number of aromatic nitrogens is 2. The second kappa shape index (κ2) is 11.3. The van der Waals surface area contributed by atoms with Gasteiger partial charge >= 0.3 is 5.97 Å². The summed E-state index contributed by atoms with van der Waals surface area (Å²) >= 11 is 0. The fourth-order valence-corrected chi connectivity index (χ4v) is 3.43. The highest BCUT2D eigenvalue weighted by molar-refractivity contribution is 5.83. The van der Waals surface area contributed by atoms with Crippen LogP contribution in [0.2, 0.25) is 0 Å². The molecule has 174 valence electrons. The molecule has 1 atom stereocenters. The normalized spacial score (nSPS) is 14.6. The van der Waals surface area contributed by atoms with Crippen LogP contribution in [0.1, 0.15) is 45.4 Å². The first-order valence-corrected chi connectivity index (χ1v) is 10.6. The number of benzene rings is 1. The Morgan fingerprint density at radius 1 is 1.34 bits per heavy atom. The smallest absolute Gasteiger partial charge is 0.326 e. The van der Waals surface area contributed by atoms with Crippen LogP contribution in [0.4, 0.5) is 5.69 Å². The molecule has 9 nitrogen and oxygen atoms in total. The van der Waals surface area contributed by atoms with E-state index in [0.717, 1.165) is 5.75 Å². The molecule has 0 aliphatic carbocycles. The summed E-state index contributed by atoms with van der Waals surface area (Å²) in [5, 5.41) is 14.8. The average molecular weight is 444 g/mol. The maximum Gasteiger partial charge on any atom is 0.326 e. The molecule has 1 aromatic carbocycles. The molecule has 2 heterocycles. The van der Waals surface area contributed by atoms with Crippen molar-refractivity contribution in [3.63, 3.8) is 0 Å². The number of nitrogens with one attached hydrogen (secondary N) is 3. The van der Waals surface area contributed by atoms with Gasteiger partial charge in [-0.15, -0.1) is 0 Å². The molecule has 3 rings (SSSR count). The fraction of sp³-hybridized carbons (Fsp3) is 0.435. The number of hydrogen-bond donors (Lipinski definition) is 5. The minimum Gasteiger partial charge on any atom is -0.494 e. The van der Waals surface area contributed by atoms with Gasteiger partial charge in [0.25, 0.3) is 0 Å². The van der Waals surface area contributed by atoms with Crippen molar-refractivity contribution < 1.29 is 19.4 Å². The number of carboxylic acid groups (broad SMARTS) is 1. The molecule has 0 saturated carbocycles. The highest BCUT2D eigenvalue weighted by Crippen LogP contribution is 2.35. The van der Waals surface area contributed by atoms with E-state index in [0.29, 0.717) is 12.3 Å². The molecule has 2 aromatic rings. The van der Waals surface area contributed by atoms with Gasteiger partial charge in [0.2, 0.25) is 5.91 Å². The second-order valence-corrected chi connectivity index (χ2v) is 8.09. The molecule has 6 N–H and O–H groups in total. The number of fused-ring (bicyclic) bond motifs is 1. The van der Waals surface area contributed by atoms with Gasteiger partial charge in [-0.05, 0) is 51.5 Å². The van der Waals surface area contributed by atoms with Gasteiger partial charge in [-0.3, -0.25) is 4.79 Å². The summed E-state index contributed by atoms with van der Waals surface area (Å²) in [6.45, 7) is 9.41. The van der Waals surface area contributed by atoms with Gasteiger partial charge in [0, 0.05) is 42.5 Å². The second-order valence-electron chi connectivity index (χ2n) is 8.09. The Kier molecular flexibility index (Phi) is 8.83. The maximum absolute atomic E-state index is 11.2. The van der Waals surface area contributed by atoms with E-state index in [1.807, 2.05) is 13.0 Å². The summed E-state index contributed by atoms with van der Waals surface area (Å²) in [6, 6.07) is 5.26. The first-order valence-electron chi connectivity index (χ1n) is 10.6. The number of ether oxygens (including phenoxy) is 1. The minimum absolute atomic E-state index is 0.0320. The third-order valence-corrected chi connectivity index (χ3v) is 4.74. The lowest BCUT2D eigenvalue weighted by atomic mass is 9.91. The molecule has 1 unspecified atom stereocenters. The topological polar surface area (TPSA) is 142 Å². The molecule has 1 aromatic heterocycles. The lowest BCUT2D eigenvalue weighted by Crippen LogP contribution is -2.42. The van der Waals surface area contributed by atoms with Crippen molar-refractivity contribution in [1.29, 1.82) is 0 Å². The largest absolute Gasteiger partial charge is 0.494 e. The van der Waals surface area contributed by atoms with E-state index in [-0.39, 0.29) is 30.8 Å². The van der Waals surface area contributed by atoms with E-state index in [1.54, 1.807) is 0 Å². The van der Waals surface area contributed by atoms with Crippen molar-refractivity contribution in [2.45, 2.75) is 52.1 Å². The van der Waals surface area contributed by atoms with Crippen LogP contribution in [0.5, 0.6) is 5.75 Å². The number of amides is 1. The van der Waals surface area contributed by atoms with E-state index < -0.39 is 12.0 Å². The zero-order valence-corrected chi connectivity index (χ0v) is 19.1. The molecule has 32 heavy (non-hydrogen) atoms. The molecule has 0 spiro atoms. The molecular weight excluding hydrogens is 410 g/mol. The standard InChI is InChI=1S/C14H19NO.C9H14N4O3/c1-5-16-11-6-7-13-12(8-11)10(2)9-14(3,4)15-13;10-2-1-8(14)13-7(9(15)16)3-6-4-11-5-12-6/h6-9,15H,5H2,1-4H3;4-5,7H,1-3,10H2,(H,11,12)(H,13,14)(H,15,16). The van der Waals surface area contributed by atoms with Crippen LogP contribution in [-0.2, 0) is 16.0 Å². The number of allylic oxidation sites excluding steroid dienone is 1. The molecule has 0 radical (unpaired) electrons. The van der Waals surface area contributed by atoms with E-state index >= 15 is 0 Å². The Morgan fingerprint density at radius 2 is 2.09 bits per heavy atom. The minimum atomic E-state index is -1.08. The summed E-state index contributed by atoms with van der Waals surface area (Å²) in [5.41, 5.74) is 9.61. The van der Waals surface area contributed by atoms with E-state index in [2.05, 4.69) is 59.6 Å². The van der Waals surface area contributed by atoms with Crippen molar-refractivity contribution in [3.05, 3.63) is 48.1 Å². The maximum atomic E-state index is 11.2. The van der Waals surface area contributed by atoms with Crippen LogP contribution < -0.4 is 21.1 Å². The monoisotopic (exact) mass is 443 g/mol. The predicted octanol–water partition coefficient (Wildman–Crippen LogP) is 2.56. The fourth-order valence-electron chi connectivity index (χ4n) is 3.43. The zero-order valence-electron chi connectivity index (χ0n) is 19.1. The quantitative estimate of drug-likeness (QED) is 0.422. The number of H-pyrrole nitrogens is 1. The number of carboxylic acids is 1. The summed E-state index contributed by atoms with van der Waals surface area (Å²) in [7, 11) is 0. The van der Waals surface area contributed by atoms with Crippen LogP contribution in [0, 0.1) is 0 Å². The van der Waals surface area contributed by atoms with Crippen LogP contribution in [0.15, 0.2) is 36.8 Å². The van der Waals surface area contributed by atoms with Crippen molar-refractivity contribution in [1.82, 2.24) is 15.3 Å². The summed E-state index contributed by atoms with van der Waals surface area (Å²) in [5.74, 6) is -0.509. The number of hydrogen-bond acceptors (Lipinski definition) is 6. The Labute approximate surface area is 188 Å². The molecule has 0 bridgehead atoms. The first kappa shape index (κ1) is 24.9. The molecule has 0 saturated heterocycles. The third kappa shape index (κ3) is 7.42. The van der Waals surface area contributed by atoms with Crippen LogP contribution in [0.25, 0.3) is 5.57 Å². The SMILES string of the molecule is CCOc1ccc2c(c1)C(C)=CC(C)(C)N2.NCCC(=O)NC(Cc1cnc[nH]1)C(=O)O. The molecule has 1 aliphatic heterocycles. The Balaban J connectivity index is 0.000000227. The number of carbonyl (C=O) groups is 2. The molecule has 1 amide bonds. The lowest BCUT2D eigenvalue weighted by molar-refractivity contribution is -0.141. The molecular formula is C23H33N5O4. The highest BCUT2D eigenvalue weighted by atomic mass is 16.5. The number of anilines is 1. The third-order valence-electron chi connectivity index (χ3n) is 4.74. The molecule has 0 fully saturated rings. The Morgan fingerprint density at radius 3 is 2.69 bits per heavy atom. The van der Waals surface area contributed by atoms with Crippen LogP contribution in [0.3, 0.4) is 0 Å². The van der Waals surface area contributed by atoms with Crippen LogP contribution >= 0.6 is 0 Å². The first-order chi connectivity index (χ1) is 15.1. The van der Waals surface area contributed by atoms with Gasteiger partial charge in [0.1, 0.15) is 11.8 Å². The van der Waals surface area contributed by atoms with E-state index in [1.165, 1.54) is 29.3 Å². The van der Waals surface area contributed by atoms with Gasteiger partial charge < -0.3 is 31.2 Å². The van der Waals surface area contributed by atoms with Crippen molar-refractivity contribution in [2.24, 2.45) is 5.73 Å². The Hall–Kier alpha value is -3.33. The highest BCUT2D eigenvalue weighted by Gasteiger charge is 2.22. The van der Waals surface area contributed by atoms with Crippen molar-refractivity contribution in [2.75, 3.05) is 18.5 Å². The zero-order chi connectivity index (χ0) is 23.7. The number of carbonyl (C=O) groups excluding carboxylic acids is 1. The molecule has 9 heteroatoms. The number of aliphatic carboxylic acids is 1. The van der Waals surface area contributed by atoms with Gasteiger partial charge in [0.15, 0.2) is 0 Å². The summed E-state index contributed by atoms with van der Waals surface area (Å²) in [6.07, 6.45) is 5.52. The number of imidazole rings is 1. The Bertz CT molecular complexity index is 938. The lowest BCUT2D eigenvalue weighted by Gasteiger charge is -2.31. The van der Waals surface area contributed by atoms with Gasteiger partial charge in [-0.25, -0.2) is 9.78 Å². The summed E-state index contributed by atoms with van der Waals surface area (Å²) < 4.78 is 5.52. The van der Waals surface area contributed by atoms with Crippen LogP contribution in [-0.4, -0.2) is 51.7 Å². The predicted molar refractivity (Wildman–Crippen MR) is 124 cm³/mol. The van der Waals surface area contributed by atoms with E-state index in [9.17, 15) is 9.59 Å². The van der Waals surface area contributed by atoms with Gasteiger partial charge in [0.05, 0.1) is 18.5 Å². The van der Waals surface area contributed by atoms with Gasteiger partial charge in [-0.1, -0.05) is 6.08 Å². The number of rotatable bonds is 8. The van der Waals surface area contributed by atoms with Crippen molar-refractivity contribution in [3.8, 4) is 5.75 Å². The number of nitrogens with zero attached hydrogens (tertiary/aromatic N) is 1. The summed E-state index contributed by atoms with van der Waals surface area (Å²) in [4.78, 5) is 28.6. The number of nitrogens with two attached hydrogens (primary N) is 1. The van der Waals surface area contributed by atoms with Crippen molar-refractivity contribution >= 4 is 23.1 Å². The average Bonchev–Trinajstić information content (AvgIpc) is 3.21. The molecule has 1 aliphatic rings. The van der Waals surface area contributed by atoms with E-state index in [4.69, 9.17) is 15.6 Å².